The van der Waals surface area contributed by atoms with Gasteiger partial charge in [-0.05, 0) is 18.2 Å². The largest absolute Gasteiger partial charge is 0.303 e. The Hall–Kier alpha value is -0.860. The minimum Gasteiger partial charge on any atom is -0.303 e. The van der Waals surface area contributed by atoms with Crippen molar-refractivity contribution in [2.45, 2.75) is 4.46 Å². The van der Waals surface area contributed by atoms with Crippen LogP contribution in [0.2, 0.25) is 0 Å². The first-order valence-corrected chi connectivity index (χ1v) is 4.63. The number of rotatable bonds is 1. The molecular weight excluding hydrogens is 207 g/mol. The fourth-order valence-corrected chi connectivity index (χ4v) is 1.62. The molecule has 0 unspecified atom stereocenters. The maximum atomic E-state index is 6.01. The Bertz CT molecular complexity index is 322. The smallest absolute Gasteiger partial charge is 0.228 e. The molecule has 0 saturated carbocycles. The summed E-state index contributed by atoms with van der Waals surface area (Å²) in [6.07, 6.45) is 3.40. The molecule has 1 aliphatic rings. The van der Waals surface area contributed by atoms with Crippen LogP contribution in [-0.4, -0.2) is 4.46 Å². The fraction of sp³-hybridized carbons (Fsp3) is 0.111. The predicted octanol–water partition coefficient (Wildman–Crippen LogP) is 2.66. The summed E-state index contributed by atoms with van der Waals surface area (Å²) in [5, 5.41) is 1.68. The van der Waals surface area contributed by atoms with E-state index in [1.165, 1.54) is 0 Å². The minimum absolute atomic E-state index is 0.928. The highest BCUT2D eigenvalue weighted by atomic mass is 35.5. The number of halogens is 2. The van der Waals surface area contributed by atoms with Gasteiger partial charge in [-0.2, -0.15) is 0 Å². The zero-order valence-corrected chi connectivity index (χ0v) is 8.26. The highest BCUT2D eigenvalue weighted by molar-refractivity contribution is 6.51. The summed E-state index contributed by atoms with van der Waals surface area (Å²) in [5.41, 5.74) is 3.88. The molecule has 1 heterocycles. The number of alkyl halides is 2. The summed E-state index contributed by atoms with van der Waals surface area (Å²) >= 11 is 12.0. The van der Waals surface area contributed by atoms with Crippen LogP contribution in [0.3, 0.4) is 0 Å². The van der Waals surface area contributed by atoms with Crippen LogP contribution in [0.15, 0.2) is 42.6 Å². The predicted molar refractivity (Wildman–Crippen MR) is 55.6 cm³/mol. The molecule has 1 aliphatic heterocycles. The molecule has 13 heavy (non-hydrogen) atoms. The summed E-state index contributed by atoms with van der Waals surface area (Å²) < 4.78 is -0.999. The first kappa shape index (κ1) is 8.73. The van der Waals surface area contributed by atoms with Gasteiger partial charge >= 0.3 is 0 Å². The normalized spacial score (nSPS) is 18.8. The molecule has 0 aromatic heterocycles. The molecule has 0 spiro atoms. The van der Waals surface area contributed by atoms with Crippen LogP contribution in [0, 0.1) is 0 Å². The van der Waals surface area contributed by atoms with Crippen LogP contribution in [0.5, 0.6) is 0 Å². The highest BCUT2D eigenvalue weighted by Gasteiger charge is 2.33. The molecule has 0 amide bonds. The second-order valence-corrected chi connectivity index (χ2v) is 4.07. The molecule has 68 valence electrons. The van der Waals surface area contributed by atoms with Gasteiger partial charge in [0.1, 0.15) is 0 Å². The Kier molecular flexibility index (Phi) is 2.10. The molecule has 0 atom stereocenters. The van der Waals surface area contributed by atoms with Crippen molar-refractivity contribution in [1.29, 1.82) is 0 Å². The lowest BCUT2D eigenvalue weighted by Crippen LogP contribution is -2.41. The third-order valence-electron chi connectivity index (χ3n) is 1.80. The van der Waals surface area contributed by atoms with Gasteiger partial charge in [0.25, 0.3) is 0 Å². The first-order chi connectivity index (χ1) is 6.20. The quantitative estimate of drug-likeness (QED) is 0.572. The molecule has 0 aliphatic carbocycles. The van der Waals surface area contributed by atoms with Gasteiger partial charge < -0.3 is 5.43 Å². The number of para-hydroxylation sites is 1. The number of benzene rings is 1. The van der Waals surface area contributed by atoms with Gasteiger partial charge in [-0.25, -0.2) is 5.01 Å². The van der Waals surface area contributed by atoms with Crippen LogP contribution in [0.1, 0.15) is 0 Å². The molecule has 1 aromatic carbocycles. The van der Waals surface area contributed by atoms with Crippen LogP contribution in [-0.2, 0) is 0 Å². The van der Waals surface area contributed by atoms with E-state index in [9.17, 15) is 0 Å². The van der Waals surface area contributed by atoms with Gasteiger partial charge in [0.2, 0.25) is 4.46 Å². The van der Waals surface area contributed by atoms with Crippen LogP contribution in [0.4, 0.5) is 5.69 Å². The average Bonchev–Trinajstić information content (AvgIpc) is 2.47. The van der Waals surface area contributed by atoms with Crippen LogP contribution >= 0.6 is 23.2 Å². The van der Waals surface area contributed by atoms with E-state index in [-0.39, 0.29) is 0 Å². The maximum absolute atomic E-state index is 6.01. The van der Waals surface area contributed by atoms with E-state index in [2.05, 4.69) is 5.43 Å². The van der Waals surface area contributed by atoms with E-state index in [1.54, 1.807) is 17.3 Å². The Labute approximate surface area is 86.7 Å². The molecule has 1 N–H and O–H groups in total. The topological polar surface area (TPSA) is 15.3 Å². The molecule has 2 nitrogen and oxygen atoms in total. The highest BCUT2D eigenvalue weighted by Crippen LogP contribution is 2.33. The van der Waals surface area contributed by atoms with Gasteiger partial charge in [-0.3, -0.25) is 0 Å². The third kappa shape index (κ3) is 1.60. The zero-order valence-electron chi connectivity index (χ0n) is 6.74. The SMILES string of the molecule is ClC1(Cl)C=CNN1c1ccccc1. The molecule has 4 heteroatoms. The van der Waals surface area contributed by atoms with Crippen molar-refractivity contribution in [3.05, 3.63) is 42.6 Å². The minimum atomic E-state index is -0.999. The number of anilines is 1. The average molecular weight is 215 g/mol. The van der Waals surface area contributed by atoms with Crippen molar-refractivity contribution in [1.82, 2.24) is 5.43 Å². The lowest BCUT2D eigenvalue weighted by atomic mass is 10.3. The van der Waals surface area contributed by atoms with Crippen molar-refractivity contribution in [3.63, 3.8) is 0 Å². The summed E-state index contributed by atoms with van der Waals surface area (Å²) in [4.78, 5) is 0. The van der Waals surface area contributed by atoms with Crippen LogP contribution in [0.25, 0.3) is 0 Å². The molecule has 0 fully saturated rings. The van der Waals surface area contributed by atoms with E-state index < -0.39 is 4.46 Å². The van der Waals surface area contributed by atoms with Crippen molar-refractivity contribution in [3.8, 4) is 0 Å². The Morgan fingerprint density at radius 1 is 1.15 bits per heavy atom. The standard InChI is InChI=1S/C9H8Cl2N2/c10-9(11)6-7-12-13(9)8-4-2-1-3-5-8/h1-7,12H. The van der Waals surface area contributed by atoms with Gasteiger partial charge in [0.15, 0.2) is 0 Å². The van der Waals surface area contributed by atoms with E-state index >= 15 is 0 Å². The summed E-state index contributed by atoms with van der Waals surface area (Å²) in [7, 11) is 0. The zero-order chi connectivity index (χ0) is 9.31. The molecule has 0 radical (unpaired) electrons. The number of hydrogen-bond donors (Lipinski definition) is 1. The van der Waals surface area contributed by atoms with Crippen molar-refractivity contribution >= 4 is 28.9 Å². The Balaban J connectivity index is 2.29. The molecule has 0 saturated heterocycles. The fourth-order valence-electron chi connectivity index (χ4n) is 1.20. The Morgan fingerprint density at radius 3 is 2.38 bits per heavy atom. The molecule has 1 aromatic rings. The van der Waals surface area contributed by atoms with E-state index in [4.69, 9.17) is 23.2 Å². The van der Waals surface area contributed by atoms with E-state index in [1.807, 2.05) is 30.3 Å². The number of hydrazine groups is 1. The van der Waals surface area contributed by atoms with Gasteiger partial charge in [-0.15, -0.1) is 0 Å². The van der Waals surface area contributed by atoms with Gasteiger partial charge in [0, 0.05) is 6.20 Å². The lowest BCUT2D eigenvalue weighted by Gasteiger charge is -2.28. The summed E-state index contributed by atoms with van der Waals surface area (Å²) in [6, 6.07) is 9.66. The second-order valence-electron chi connectivity index (χ2n) is 2.72. The molecular formula is C9H8Cl2N2. The first-order valence-electron chi connectivity index (χ1n) is 3.87. The van der Waals surface area contributed by atoms with E-state index in [0.717, 1.165) is 5.69 Å². The maximum Gasteiger partial charge on any atom is 0.228 e. The monoisotopic (exact) mass is 214 g/mol. The van der Waals surface area contributed by atoms with Crippen molar-refractivity contribution < 1.29 is 0 Å². The van der Waals surface area contributed by atoms with Gasteiger partial charge in [-0.1, -0.05) is 41.4 Å². The van der Waals surface area contributed by atoms with Gasteiger partial charge in [0.05, 0.1) is 5.69 Å². The number of nitrogens with one attached hydrogen (secondary N) is 1. The lowest BCUT2D eigenvalue weighted by molar-refractivity contribution is 0.770. The van der Waals surface area contributed by atoms with E-state index in [0.29, 0.717) is 0 Å². The summed E-state index contributed by atoms with van der Waals surface area (Å²) in [5.74, 6) is 0. The van der Waals surface area contributed by atoms with Crippen molar-refractivity contribution in [2.24, 2.45) is 0 Å². The van der Waals surface area contributed by atoms with Crippen LogP contribution < -0.4 is 10.4 Å². The van der Waals surface area contributed by atoms with Crippen molar-refractivity contribution in [2.75, 3.05) is 5.01 Å². The molecule has 0 bridgehead atoms. The molecule has 2 rings (SSSR count). The second kappa shape index (κ2) is 3.13. The Morgan fingerprint density at radius 2 is 1.85 bits per heavy atom. The summed E-state index contributed by atoms with van der Waals surface area (Å²) in [6.45, 7) is 0. The number of nitrogens with zero attached hydrogens (tertiary/aromatic N) is 1. The third-order valence-corrected chi connectivity index (χ3v) is 2.39. The number of hydrogen-bond acceptors (Lipinski definition) is 2.